The molecule has 2 aromatic carbocycles. The molecule has 0 atom stereocenters. The average molecular weight is 377 g/mol. The summed E-state index contributed by atoms with van der Waals surface area (Å²) in [4.78, 5) is 13.8. The van der Waals surface area contributed by atoms with Gasteiger partial charge in [-0.3, -0.25) is 4.79 Å². The highest BCUT2D eigenvalue weighted by Crippen LogP contribution is 2.40. The summed E-state index contributed by atoms with van der Waals surface area (Å²) < 4.78 is 4.78. The standard InChI is InChI=1S/C24H28N2O2/c1-17-7-8-22-21(15-17)24(20-6-4-3-5-19(20)16-25-22)18-9-12-26(13-10-18)14-11-23(27)28-2/h3-8,15,25H,9-14,16H2,1-2H3. The highest BCUT2D eigenvalue weighted by molar-refractivity contribution is 5.90. The first-order valence-electron chi connectivity index (χ1n) is 10.1. The van der Waals surface area contributed by atoms with Gasteiger partial charge < -0.3 is 15.0 Å². The first kappa shape index (κ1) is 18.8. The maximum atomic E-state index is 11.4. The molecular formula is C24H28N2O2. The van der Waals surface area contributed by atoms with Crippen LogP contribution in [0, 0.1) is 6.92 Å². The number of methoxy groups -OCH3 is 1. The summed E-state index contributed by atoms with van der Waals surface area (Å²) in [5, 5.41) is 3.63. The number of esters is 1. The number of piperidine rings is 1. The average Bonchev–Trinajstić information content (AvgIpc) is 2.89. The van der Waals surface area contributed by atoms with E-state index in [1.54, 1.807) is 0 Å². The van der Waals surface area contributed by atoms with E-state index >= 15 is 0 Å². The second-order valence-corrected chi connectivity index (χ2v) is 7.71. The first-order chi connectivity index (χ1) is 13.7. The van der Waals surface area contributed by atoms with Gasteiger partial charge in [-0.2, -0.15) is 0 Å². The largest absolute Gasteiger partial charge is 0.469 e. The van der Waals surface area contributed by atoms with Crippen LogP contribution in [-0.2, 0) is 16.1 Å². The Labute approximate surface area is 167 Å². The zero-order valence-corrected chi connectivity index (χ0v) is 16.8. The summed E-state index contributed by atoms with van der Waals surface area (Å²) in [7, 11) is 1.46. The number of hydrogen-bond donors (Lipinski definition) is 1. The van der Waals surface area contributed by atoms with Crippen molar-refractivity contribution in [1.82, 2.24) is 4.90 Å². The molecule has 0 amide bonds. The summed E-state index contributed by atoms with van der Waals surface area (Å²) in [5.41, 5.74) is 9.47. The van der Waals surface area contributed by atoms with Gasteiger partial charge in [0, 0.05) is 37.4 Å². The Balaban J connectivity index is 1.67. The quantitative estimate of drug-likeness (QED) is 0.807. The molecule has 1 fully saturated rings. The number of nitrogens with one attached hydrogen (secondary N) is 1. The number of carbonyl (C=O) groups excluding carboxylic acids is 1. The molecule has 1 saturated heterocycles. The van der Waals surface area contributed by atoms with Crippen LogP contribution in [0.2, 0.25) is 0 Å². The van der Waals surface area contributed by atoms with Crippen LogP contribution in [0.4, 0.5) is 5.69 Å². The Morgan fingerprint density at radius 3 is 2.68 bits per heavy atom. The van der Waals surface area contributed by atoms with Gasteiger partial charge in [-0.25, -0.2) is 0 Å². The SMILES string of the molecule is COC(=O)CCN1CCC(=C2c3ccccc3CNc3ccc(C)cc32)CC1. The molecule has 2 aliphatic rings. The third-order valence-electron chi connectivity index (χ3n) is 5.87. The lowest BCUT2D eigenvalue weighted by molar-refractivity contribution is -0.141. The Kier molecular flexibility index (Phi) is 5.49. The monoisotopic (exact) mass is 376 g/mol. The summed E-state index contributed by atoms with van der Waals surface area (Å²) in [6.45, 7) is 5.78. The topological polar surface area (TPSA) is 41.6 Å². The number of ether oxygens (including phenoxy) is 1. The van der Waals surface area contributed by atoms with Crippen molar-refractivity contribution in [2.75, 3.05) is 32.1 Å². The van der Waals surface area contributed by atoms with Crippen molar-refractivity contribution in [1.29, 1.82) is 0 Å². The van der Waals surface area contributed by atoms with Crippen LogP contribution in [0.15, 0.2) is 48.0 Å². The molecule has 146 valence electrons. The van der Waals surface area contributed by atoms with Crippen molar-refractivity contribution in [3.63, 3.8) is 0 Å². The Morgan fingerprint density at radius 1 is 1.11 bits per heavy atom. The van der Waals surface area contributed by atoms with Crippen molar-refractivity contribution in [2.45, 2.75) is 32.7 Å². The lowest BCUT2D eigenvalue weighted by atomic mass is 9.86. The van der Waals surface area contributed by atoms with Gasteiger partial charge in [0.15, 0.2) is 0 Å². The van der Waals surface area contributed by atoms with E-state index in [-0.39, 0.29) is 5.97 Å². The molecule has 0 spiro atoms. The number of nitrogens with zero attached hydrogens (tertiary/aromatic N) is 1. The Morgan fingerprint density at radius 2 is 1.89 bits per heavy atom. The van der Waals surface area contributed by atoms with E-state index in [4.69, 9.17) is 4.74 Å². The normalized spacial score (nSPS) is 16.6. The van der Waals surface area contributed by atoms with Gasteiger partial charge in [-0.15, -0.1) is 0 Å². The zero-order chi connectivity index (χ0) is 19.5. The summed E-state index contributed by atoms with van der Waals surface area (Å²) in [6.07, 6.45) is 2.55. The highest BCUT2D eigenvalue weighted by atomic mass is 16.5. The molecule has 1 N–H and O–H groups in total. The van der Waals surface area contributed by atoms with E-state index in [9.17, 15) is 4.79 Å². The maximum Gasteiger partial charge on any atom is 0.306 e. The predicted octanol–water partition coefficient (Wildman–Crippen LogP) is 4.38. The molecule has 2 aliphatic heterocycles. The van der Waals surface area contributed by atoms with Gasteiger partial charge in [0.05, 0.1) is 13.5 Å². The number of carbonyl (C=O) groups is 1. The molecule has 0 saturated carbocycles. The van der Waals surface area contributed by atoms with Crippen molar-refractivity contribution in [3.8, 4) is 0 Å². The van der Waals surface area contributed by atoms with E-state index in [0.29, 0.717) is 6.42 Å². The molecule has 28 heavy (non-hydrogen) atoms. The van der Waals surface area contributed by atoms with E-state index in [2.05, 4.69) is 59.6 Å². The molecule has 2 heterocycles. The van der Waals surface area contributed by atoms with Crippen LogP contribution in [0.3, 0.4) is 0 Å². The third kappa shape index (κ3) is 3.83. The smallest absolute Gasteiger partial charge is 0.306 e. The van der Waals surface area contributed by atoms with Gasteiger partial charge in [-0.1, -0.05) is 41.5 Å². The maximum absolute atomic E-state index is 11.4. The number of benzene rings is 2. The molecule has 0 radical (unpaired) electrons. The molecular weight excluding hydrogens is 348 g/mol. The predicted molar refractivity (Wildman–Crippen MR) is 113 cm³/mol. The lowest BCUT2D eigenvalue weighted by Crippen LogP contribution is -2.33. The van der Waals surface area contributed by atoms with Gasteiger partial charge in [0.2, 0.25) is 0 Å². The van der Waals surface area contributed by atoms with Crippen LogP contribution < -0.4 is 5.32 Å². The second kappa shape index (κ2) is 8.19. The van der Waals surface area contributed by atoms with E-state index < -0.39 is 0 Å². The van der Waals surface area contributed by atoms with E-state index in [1.807, 2.05) is 0 Å². The molecule has 4 heteroatoms. The second-order valence-electron chi connectivity index (χ2n) is 7.71. The highest BCUT2D eigenvalue weighted by Gasteiger charge is 2.24. The van der Waals surface area contributed by atoms with Gasteiger partial charge in [-0.05, 0) is 48.6 Å². The van der Waals surface area contributed by atoms with Crippen LogP contribution >= 0.6 is 0 Å². The van der Waals surface area contributed by atoms with Crippen molar-refractivity contribution < 1.29 is 9.53 Å². The Bertz CT molecular complexity index is 907. The summed E-state index contributed by atoms with van der Waals surface area (Å²) in [6, 6.07) is 15.5. The molecule has 4 nitrogen and oxygen atoms in total. The number of anilines is 1. The fourth-order valence-electron chi connectivity index (χ4n) is 4.30. The number of likely N-dealkylation sites (tertiary alicyclic amines) is 1. The van der Waals surface area contributed by atoms with Crippen LogP contribution in [0.5, 0.6) is 0 Å². The number of fused-ring (bicyclic) bond motifs is 2. The lowest BCUT2D eigenvalue weighted by Gasteiger charge is -2.30. The molecule has 4 rings (SSSR count). The minimum absolute atomic E-state index is 0.127. The van der Waals surface area contributed by atoms with Gasteiger partial charge >= 0.3 is 5.97 Å². The van der Waals surface area contributed by atoms with Gasteiger partial charge in [0.1, 0.15) is 0 Å². The number of hydrogen-bond acceptors (Lipinski definition) is 4. The van der Waals surface area contributed by atoms with Crippen LogP contribution in [0.25, 0.3) is 5.57 Å². The Hall–Kier alpha value is -2.59. The minimum Gasteiger partial charge on any atom is -0.469 e. The molecule has 0 unspecified atom stereocenters. The fourth-order valence-corrected chi connectivity index (χ4v) is 4.30. The molecule has 0 aromatic heterocycles. The molecule has 2 aromatic rings. The zero-order valence-electron chi connectivity index (χ0n) is 16.8. The number of rotatable bonds is 3. The summed E-state index contributed by atoms with van der Waals surface area (Å²) in [5.74, 6) is -0.127. The van der Waals surface area contributed by atoms with Crippen LogP contribution in [0.1, 0.15) is 41.5 Å². The number of aryl methyl sites for hydroxylation is 1. The minimum atomic E-state index is -0.127. The van der Waals surface area contributed by atoms with Gasteiger partial charge in [0.25, 0.3) is 0 Å². The van der Waals surface area contributed by atoms with E-state index in [0.717, 1.165) is 39.0 Å². The fraction of sp³-hybridized carbons (Fsp3) is 0.375. The molecule has 0 bridgehead atoms. The summed E-state index contributed by atoms with van der Waals surface area (Å²) >= 11 is 0. The van der Waals surface area contributed by atoms with Crippen molar-refractivity contribution in [2.24, 2.45) is 0 Å². The molecule has 0 aliphatic carbocycles. The third-order valence-corrected chi connectivity index (χ3v) is 5.87. The van der Waals surface area contributed by atoms with Crippen molar-refractivity contribution >= 4 is 17.2 Å². The van der Waals surface area contributed by atoms with Crippen LogP contribution in [-0.4, -0.2) is 37.6 Å². The van der Waals surface area contributed by atoms with E-state index in [1.165, 1.54) is 46.2 Å². The van der Waals surface area contributed by atoms with Crippen molar-refractivity contribution in [3.05, 3.63) is 70.3 Å². The first-order valence-corrected chi connectivity index (χ1v) is 10.1.